The van der Waals surface area contributed by atoms with Gasteiger partial charge in [-0.05, 0) is 24.1 Å². The molecule has 1 amide bonds. The van der Waals surface area contributed by atoms with Crippen molar-refractivity contribution in [2.24, 2.45) is 7.05 Å². The van der Waals surface area contributed by atoms with E-state index in [4.69, 9.17) is 9.52 Å². The maximum atomic E-state index is 12.1. The minimum absolute atomic E-state index is 0.119. The summed E-state index contributed by atoms with van der Waals surface area (Å²) in [5.74, 6) is -0.958. The number of nitrogens with one attached hydrogen (secondary N) is 1. The van der Waals surface area contributed by atoms with Crippen LogP contribution in [-0.2, 0) is 13.6 Å². The highest BCUT2D eigenvalue weighted by atomic mass is 16.4. The van der Waals surface area contributed by atoms with Gasteiger partial charge in [-0.1, -0.05) is 13.8 Å². The third-order valence-electron chi connectivity index (χ3n) is 3.02. The molecule has 7 heteroatoms. The summed E-state index contributed by atoms with van der Waals surface area (Å²) >= 11 is 0. The van der Waals surface area contributed by atoms with E-state index in [0.717, 1.165) is 5.69 Å². The average Bonchev–Trinajstić information content (AvgIpc) is 3.02. The minimum atomic E-state index is -1.14. The van der Waals surface area contributed by atoms with Crippen molar-refractivity contribution in [3.63, 3.8) is 0 Å². The number of aromatic carboxylic acids is 1. The molecule has 0 bridgehead atoms. The number of hydrogen-bond acceptors (Lipinski definition) is 4. The first kappa shape index (κ1) is 14.8. The van der Waals surface area contributed by atoms with Crippen molar-refractivity contribution in [2.45, 2.75) is 26.3 Å². The van der Waals surface area contributed by atoms with Gasteiger partial charge in [-0.25, -0.2) is 4.79 Å². The summed E-state index contributed by atoms with van der Waals surface area (Å²) in [6.45, 7) is 4.12. The van der Waals surface area contributed by atoms with Gasteiger partial charge in [0, 0.05) is 7.05 Å². The number of aryl methyl sites for hydroxylation is 1. The second-order valence-corrected chi connectivity index (χ2v) is 4.99. The molecule has 0 radical (unpaired) electrons. The molecule has 7 nitrogen and oxygen atoms in total. The van der Waals surface area contributed by atoms with Crippen LogP contribution in [0.25, 0.3) is 0 Å². The van der Waals surface area contributed by atoms with Gasteiger partial charge in [0.25, 0.3) is 5.91 Å². The summed E-state index contributed by atoms with van der Waals surface area (Å²) in [5.41, 5.74) is 1.29. The lowest BCUT2D eigenvalue weighted by atomic mass is 10.1. The van der Waals surface area contributed by atoms with Crippen LogP contribution < -0.4 is 5.32 Å². The van der Waals surface area contributed by atoms with Gasteiger partial charge in [-0.15, -0.1) is 0 Å². The first-order valence-corrected chi connectivity index (χ1v) is 6.52. The highest BCUT2D eigenvalue weighted by Gasteiger charge is 2.15. The number of carboxylic acids is 1. The molecule has 0 aliphatic carbocycles. The smallest absolute Gasteiger partial charge is 0.371 e. The van der Waals surface area contributed by atoms with E-state index in [-0.39, 0.29) is 24.1 Å². The summed E-state index contributed by atoms with van der Waals surface area (Å²) in [4.78, 5) is 22.8. The standard InChI is InChI=1S/C14H17N3O4/c1-8(2)10-6-11(17(3)16-10)13(18)15-7-9-4-5-12(21-9)14(19)20/h4-6,8H,7H2,1-3H3,(H,15,18)(H,19,20). The topological polar surface area (TPSA) is 97.4 Å². The Kier molecular flexibility index (Phi) is 4.11. The molecule has 21 heavy (non-hydrogen) atoms. The van der Waals surface area contributed by atoms with E-state index >= 15 is 0 Å². The molecule has 0 aliphatic rings. The number of furan rings is 1. The molecular formula is C14H17N3O4. The zero-order valence-corrected chi connectivity index (χ0v) is 12.1. The highest BCUT2D eigenvalue weighted by Crippen LogP contribution is 2.14. The number of carbonyl (C=O) groups excluding carboxylic acids is 1. The van der Waals surface area contributed by atoms with Crippen molar-refractivity contribution in [2.75, 3.05) is 0 Å². The molecule has 0 unspecified atom stereocenters. The number of hydrogen-bond donors (Lipinski definition) is 2. The Labute approximate surface area is 121 Å². The fourth-order valence-electron chi connectivity index (χ4n) is 1.83. The third kappa shape index (κ3) is 3.31. The molecule has 2 N–H and O–H groups in total. The Hall–Kier alpha value is -2.57. The Morgan fingerprint density at radius 3 is 2.67 bits per heavy atom. The van der Waals surface area contributed by atoms with Crippen LogP contribution in [0.4, 0.5) is 0 Å². The van der Waals surface area contributed by atoms with Crippen LogP contribution in [0.5, 0.6) is 0 Å². The van der Waals surface area contributed by atoms with E-state index in [0.29, 0.717) is 11.5 Å². The molecule has 2 aromatic heterocycles. The molecule has 0 aliphatic heterocycles. The maximum Gasteiger partial charge on any atom is 0.371 e. The molecule has 0 spiro atoms. The van der Waals surface area contributed by atoms with Crippen LogP contribution in [0.1, 0.15) is 52.3 Å². The first-order chi connectivity index (χ1) is 9.88. The largest absolute Gasteiger partial charge is 0.475 e. The summed E-state index contributed by atoms with van der Waals surface area (Å²) < 4.78 is 6.59. The molecule has 0 saturated carbocycles. The minimum Gasteiger partial charge on any atom is -0.475 e. The van der Waals surface area contributed by atoms with E-state index in [9.17, 15) is 9.59 Å². The number of aromatic nitrogens is 2. The van der Waals surface area contributed by atoms with Gasteiger partial charge in [0.15, 0.2) is 0 Å². The van der Waals surface area contributed by atoms with Crippen molar-refractivity contribution < 1.29 is 19.1 Å². The van der Waals surface area contributed by atoms with Crippen LogP contribution in [0.3, 0.4) is 0 Å². The number of rotatable bonds is 5. The lowest BCUT2D eigenvalue weighted by Crippen LogP contribution is -2.24. The van der Waals surface area contributed by atoms with Crippen LogP contribution in [-0.4, -0.2) is 26.8 Å². The summed E-state index contributed by atoms with van der Waals surface area (Å²) in [6.07, 6.45) is 0. The maximum absolute atomic E-state index is 12.1. The Morgan fingerprint density at radius 1 is 1.43 bits per heavy atom. The molecule has 0 atom stereocenters. The zero-order chi connectivity index (χ0) is 15.6. The molecule has 0 saturated heterocycles. The van der Waals surface area contributed by atoms with Crippen molar-refractivity contribution >= 4 is 11.9 Å². The molecule has 2 rings (SSSR count). The molecule has 2 aromatic rings. The van der Waals surface area contributed by atoms with E-state index in [1.807, 2.05) is 13.8 Å². The van der Waals surface area contributed by atoms with Gasteiger partial charge in [0.1, 0.15) is 11.5 Å². The first-order valence-electron chi connectivity index (χ1n) is 6.52. The van der Waals surface area contributed by atoms with Gasteiger partial charge in [-0.3, -0.25) is 9.48 Å². The average molecular weight is 291 g/mol. The number of nitrogens with zero attached hydrogens (tertiary/aromatic N) is 2. The molecular weight excluding hydrogens is 274 g/mol. The van der Waals surface area contributed by atoms with Gasteiger partial charge >= 0.3 is 5.97 Å². The Morgan fingerprint density at radius 2 is 2.14 bits per heavy atom. The van der Waals surface area contributed by atoms with E-state index in [1.165, 1.54) is 16.8 Å². The predicted molar refractivity (Wildman–Crippen MR) is 74.1 cm³/mol. The second-order valence-electron chi connectivity index (χ2n) is 4.99. The number of amides is 1. The van der Waals surface area contributed by atoms with Crippen LogP contribution in [0.15, 0.2) is 22.6 Å². The van der Waals surface area contributed by atoms with Crippen molar-refractivity contribution in [3.05, 3.63) is 41.1 Å². The fourth-order valence-corrected chi connectivity index (χ4v) is 1.83. The number of carboxylic acid groups (broad SMARTS) is 1. The highest BCUT2D eigenvalue weighted by molar-refractivity contribution is 5.92. The Balaban J connectivity index is 2.02. The number of carbonyl (C=O) groups is 2. The van der Waals surface area contributed by atoms with Crippen LogP contribution in [0, 0.1) is 0 Å². The molecule has 112 valence electrons. The molecule has 0 fully saturated rings. The fraction of sp³-hybridized carbons (Fsp3) is 0.357. The van der Waals surface area contributed by atoms with Gasteiger partial charge < -0.3 is 14.8 Å². The van der Waals surface area contributed by atoms with Gasteiger partial charge in [-0.2, -0.15) is 5.10 Å². The van der Waals surface area contributed by atoms with Crippen molar-refractivity contribution in [1.29, 1.82) is 0 Å². The zero-order valence-electron chi connectivity index (χ0n) is 12.1. The van der Waals surface area contributed by atoms with Crippen LogP contribution in [0.2, 0.25) is 0 Å². The predicted octanol–water partition coefficient (Wildman–Crippen LogP) is 1.76. The normalized spacial score (nSPS) is 10.9. The van der Waals surface area contributed by atoms with E-state index in [2.05, 4.69) is 10.4 Å². The Bertz CT molecular complexity index is 670. The summed E-state index contributed by atoms with van der Waals surface area (Å²) in [7, 11) is 1.70. The van der Waals surface area contributed by atoms with Crippen molar-refractivity contribution in [3.8, 4) is 0 Å². The monoisotopic (exact) mass is 291 g/mol. The SMILES string of the molecule is CC(C)c1cc(C(=O)NCc2ccc(C(=O)O)o2)n(C)n1. The van der Waals surface area contributed by atoms with Gasteiger partial charge in [0.05, 0.1) is 12.2 Å². The van der Waals surface area contributed by atoms with Gasteiger partial charge in [0.2, 0.25) is 5.76 Å². The molecule has 0 aromatic carbocycles. The molecule has 2 heterocycles. The van der Waals surface area contributed by atoms with Crippen molar-refractivity contribution in [1.82, 2.24) is 15.1 Å². The lowest BCUT2D eigenvalue weighted by Gasteiger charge is -2.03. The quantitative estimate of drug-likeness (QED) is 0.875. The van der Waals surface area contributed by atoms with Crippen LogP contribution >= 0.6 is 0 Å². The second kappa shape index (κ2) is 5.82. The summed E-state index contributed by atoms with van der Waals surface area (Å²) in [6, 6.07) is 4.61. The summed E-state index contributed by atoms with van der Waals surface area (Å²) in [5, 5.41) is 15.7. The third-order valence-corrected chi connectivity index (χ3v) is 3.02. The lowest BCUT2D eigenvalue weighted by molar-refractivity contribution is 0.0660. The van der Waals surface area contributed by atoms with E-state index < -0.39 is 5.97 Å². The van der Waals surface area contributed by atoms with E-state index in [1.54, 1.807) is 13.1 Å².